The molecule has 1 aromatic heterocycles. The summed E-state index contributed by atoms with van der Waals surface area (Å²) >= 11 is 0. The maximum Gasteiger partial charge on any atom is 0.277 e. The molecule has 0 unspecified atom stereocenters. The summed E-state index contributed by atoms with van der Waals surface area (Å²) in [5.74, 6) is 0.303. The highest BCUT2D eigenvalue weighted by Crippen LogP contribution is 2.16. The Morgan fingerprint density at radius 3 is 2.36 bits per heavy atom. The van der Waals surface area contributed by atoms with Crippen LogP contribution in [0.3, 0.4) is 0 Å². The Morgan fingerprint density at radius 2 is 1.68 bits per heavy atom. The number of para-hydroxylation sites is 1. The van der Waals surface area contributed by atoms with Gasteiger partial charge in [-0.2, -0.15) is 0 Å². The Hall–Kier alpha value is -3.21. The third kappa shape index (κ3) is 4.20. The van der Waals surface area contributed by atoms with Gasteiger partial charge in [0, 0.05) is 25.0 Å². The molecule has 1 N–H and O–H groups in total. The van der Waals surface area contributed by atoms with Crippen molar-refractivity contribution in [2.45, 2.75) is 13.5 Å². The minimum atomic E-state index is -0.140. The van der Waals surface area contributed by atoms with Crippen LogP contribution in [0.1, 0.15) is 23.0 Å². The lowest BCUT2D eigenvalue weighted by molar-refractivity contribution is 0.0983. The third-order valence-electron chi connectivity index (χ3n) is 3.80. The average molecular weight is 332 g/mol. The van der Waals surface area contributed by atoms with Gasteiger partial charge >= 0.3 is 0 Å². The van der Waals surface area contributed by atoms with E-state index >= 15 is 0 Å². The first-order valence-corrected chi connectivity index (χ1v) is 8.25. The average Bonchev–Trinajstić information content (AvgIpc) is 2.69. The van der Waals surface area contributed by atoms with Gasteiger partial charge in [0.1, 0.15) is 5.69 Å². The predicted octanol–water partition coefficient (Wildman–Crippen LogP) is 3.76. The molecule has 0 aliphatic heterocycles. The molecule has 5 heteroatoms. The Bertz CT molecular complexity index is 821. The van der Waals surface area contributed by atoms with E-state index in [-0.39, 0.29) is 5.91 Å². The van der Waals surface area contributed by atoms with Gasteiger partial charge in [-0.25, -0.2) is 9.97 Å². The zero-order chi connectivity index (χ0) is 17.5. The Balaban J connectivity index is 1.75. The molecule has 0 atom stereocenters. The van der Waals surface area contributed by atoms with Crippen molar-refractivity contribution in [1.29, 1.82) is 0 Å². The summed E-state index contributed by atoms with van der Waals surface area (Å²) in [4.78, 5) is 23.1. The molecular weight excluding hydrogens is 312 g/mol. The van der Waals surface area contributed by atoms with E-state index in [1.54, 1.807) is 17.2 Å². The number of carbonyl (C=O) groups excluding carboxylic acids is 1. The van der Waals surface area contributed by atoms with Crippen LogP contribution in [0.5, 0.6) is 0 Å². The largest absolute Gasteiger partial charge is 0.350 e. The summed E-state index contributed by atoms with van der Waals surface area (Å²) in [6.07, 6.45) is 1.60. The molecule has 1 amide bonds. The zero-order valence-corrected chi connectivity index (χ0v) is 14.1. The van der Waals surface area contributed by atoms with Gasteiger partial charge < -0.3 is 10.2 Å². The smallest absolute Gasteiger partial charge is 0.277 e. The monoisotopic (exact) mass is 332 g/mol. The lowest BCUT2D eigenvalue weighted by atomic mass is 10.2. The van der Waals surface area contributed by atoms with Gasteiger partial charge in [0.15, 0.2) is 0 Å². The first kappa shape index (κ1) is 16.6. The van der Waals surface area contributed by atoms with E-state index in [2.05, 4.69) is 15.3 Å². The number of rotatable bonds is 6. The zero-order valence-electron chi connectivity index (χ0n) is 14.1. The van der Waals surface area contributed by atoms with Crippen molar-refractivity contribution in [1.82, 2.24) is 9.97 Å². The molecule has 0 spiro atoms. The van der Waals surface area contributed by atoms with Crippen LogP contribution < -0.4 is 10.2 Å². The number of hydrogen-bond acceptors (Lipinski definition) is 4. The number of nitrogens with one attached hydrogen (secondary N) is 1. The van der Waals surface area contributed by atoms with Crippen molar-refractivity contribution in [3.8, 4) is 0 Å². The summed E-state index contributed by atoms with van der Waals surface area (Å²) in [5.41, 5.74) is 2.35. The molecule has 3 aromatic rings. The fraction of sp³-hybridized carbons (Fsp3) is 0.150. The maximum absolute atomic E-state index is 12.8. The lowest BCUT2D eigenvalue weighted by Crippen LogP contribution is -2.31. The van der Waals surface area contributed by atoms with E-state index in [0.717, 1.165) is 11.3 Å². The number of anilines is 2. The highest BCUT2D eigenvalue weighted by Gasteiger charge is 2.17. The Morgan fingerprint density at radius 1 is 1.00 bits per heavy atom. The van der Waals surface area contributed by atoms with Crippen LogP contribution in [0.15, 0.2) is 72.9 Å². The molecule has 0 aliphatic carbocycles. The molecule has 0 bridgehead atoms. The number of nitrogens with zero attached hydrogens (tertiary/aromatic N) is 3. The quantitative estimate of drug-likeness (QED) is 0.747. The summed E-state index contributed by atoms with van der Waals surface area (Å²) in [7, 11) is 0. The topological polar surface area (TPSA) is 58.1 Å². The van der Waals surface area contributed by atoms with Crippen molar-refractivity contribution in [3.05, 3.63) is 84.2 Å². The number of aromatic nitrogens is 2. The van der Waals surface area contributed by atoms with Gasteiger partial charge in [-0.15, -0.1) is 0 Å². The third-order valence-corrected chi connectivity index (χ3v) is 3.80. The molecule has 0 radical (unpaired) electrons. The highest BCUT2D eigenvalue weighted by atomic mass is 16.2. The van der Waals surface area contributed by atoms with Crippen LogP contribution in [-0.4, -0.2) is 22.4 Å². The molecule has 1 heterocycles. The summed E-state index contributed by atoms with van der Waals surface area (Å²) < 4.78 is 0. The minimum absolute atomic E-state index is 0.140. The van der Waals surface area contributed by atoms with E-state index in [0.29, 0.717) is 24.7 Å². The predicted molar refractivity (Wildman–Crippen MR) is 99.6 cm³/mol. The van der Waals surface area contributed by atoms with Crippen molar-refractivity contribution in [3.63, 3.8) is 0 Å². The van der Waals surface area contributed by atoms with Crippen LogP contribution in [0.2, 0.25) is 0 Å². The van der Waals surface area contributed by atoms with E-state index in [9.17, 15) is 4.79 Å². The molecule has 0 fully saturated rings. The highest BCUT2D eigenvalue weighted by molar-refractivity contribution is 6.04. The van der Waals surface area contributed by atoms with Crippen molar-refractivity contribution < 1.29 is 4.79 Å². The lowest BCUT2D eigenvalue weighted by Gasteiger charge is -2.20. The van der Waals surface area contributed by atoms with Crippen LogP contribution in [0.25, 0.3) is 0 Å². The molecule has 2 aromatic carbocycles. The molecule has 126 valence electrons. The van der Waals surface area contributed by atoms with Crippen LogP contribution in [0.4, 0.5) is 11.6 Å². The van der Waals surface area contributed by atoms with Gasteiger partial charge in [-0.1, -0.05) is 48.5 Å². The molecule has 0 saturated heterocycles. The standard InChI is InChI=1S/C20H20N4O/c1-2-24(17-11-7-4-8-12-17)19(25)18-13-14-21-20(23-18)22-15-16-9-5-3-6-10-16/h3-14H,2,15H2,1H3,(H,21,22,23). The van der Waals surface area contributed by atoms with Crippen LogP contribution in [0, 0.1) is 0 Å². The van der Waals surface area contributed by atoms with Crippen molar-refractivity contribution in [2.24, 2.45) is 0 Å². The summed E-state index contributed by atoms with van der Waals surface area (Å²) in [6.45, 7) is 3.12. The summed E-state index contributed by atoms with van der Waals surface area (Å²) in [5, 5.41) is 3.16. The van der Waals surface area contributed by atoms with Gasteiger partial charge in [-0.3, -0.25) is 4.79 Å². The van der Waals surface area contributed by atoms with Gasteiger partial charge in [0.05, 0.1) is 0 Å². The minimum Gasteiger partial charge on any atom is -0.350 e. The Labute approximate surface area is 147 Å². The molecular formula is C20H20N4O. The molecule has 3 rings (SSSR count). The van der Waals surface area contributed by atoms with Crippen LogP contribution >= 0.6 is 0 Å². The van der Waals surface area contributed by atoms with Gasteiger partial charge in [0.2, 0.25) is 5.95 Å². The van der Waals surface area contributed by atoms with E-state index in [1.165, 1.54) is 0 Å². The molecule has 0 aliphatic rings. The molecule has 25 heavy (non-hydrogen) atoms. The second kappa shape index (κ2) is 8.06. The fourth-order valence-corrected chi connectivity index (χ4v) is 2.53. The molecule has 0 saturated carbocycles. The number of benzene rings is 2. The van der Waals surface area contributed by atoms with Crippen molar-refractivity contribution >= 4 is 17.5 Å². The summed E-state index contributed by atoms with van der Waals surface area (Å²) in [6, 6.07) is 21.2. The number of amides is 1. The maximum atomic E-state index is 12.8. The molecule has 5 nitrogen and oxygen atoms in total. The van der Waals surface area contributed by atoms with Crippen molar-refractivity contribution in [2.75, 3.05) is 16.8 Å². The second-order valence-corrected chi connectivity index (χ2v) is 5.49. The normalized spacial score (nSPS) is 10.3. The second-order valence-electron chi connectivity index (χ2n) is 5.49. The van der Waals surface area contributed by atoms with Gasteiger partial charge in [0.25, 0.3) is 5.91 Å². The fourth-order valence-electron chi connectivity index (χ4n) is 2.53. The van der Waals surface area contributed by atoms with Crippen LogP contribution in [-0.2, 0) is 6.54 Å². The first-order chi connectivity index (χ1) is 12.3. The van der Waals surface area contributed by atoms with E-state index < -0.39 is 0 Å². The first-order valence-electron chi connectivity index (χ1n) is 8.25. The SMILES string of the molecule is CCN(C(=O)c1ccnc(NCc2ccccc2)n1)c1ccccc1. The van der Waals surface area contributed by atoms with E-state index in [4.69, 9.17) is 0 Å². The Kier molecular flexibility index (Phi) is 5.36. The number of hydrogen-bond donors (Lipinski definition) is 1. The van der Waals surface area contributed by atoms with Gasteiger partial charge in [-0.05, 0) is 30.7 Å². The number of carbonyl (C=O) groups is 1. The van der Waals surface area contributed by atoms with E-state index in [1.807, 2.05) is 67.6 Å².